The van der Waals surface area contributed by atoms with Crippen molar-refractivity contribution in [1.82, 2.24) is 4.90 Å². The molecule has 0 fully saturated rings. The summed E-state index contributed by atoms with van der Waals surface area (Å²) in [6, 6.07) is 7.14. The van der Waals surface area contributed by atoms with E-state index >= 15 is 0 Å². The maximum Gasteiger partial charge on any atom is 0.335 e. The van der Waals surface area contributed by atoms with Gasteiger partial charge in [-0.1, -0.05) is 34.1 Å². The highest BCUT2D eigenvalue weighted by molar-refractivity contribution is 9.11. The number of carbonyl (C=O) groups is 1. The number of benzene rings is 1. The number of hydrogen-bond acceptors (Lipinski definition) is 2. The molecule has 1 aliphatic heterocycles. The molecule has 0 radical (unpaired) electrons. The second-order valence-corrected chi connectivity index (χ2v) is 5.17. The molecular formula is C13H14BrNO2. The van der Waals surface area contributed by atoms with E-state index in [1.54, 1.807) is 18.2 Å². The summed E-state index contributed by atoms with van der Waals surface area (Å²) in [4.78, 5) is 13.2. The first-order valence-electron chi connectivity index (χ1n) is 5.54. The number of rotatable bonds is 3. The fourth-order valence-corrected chi connectivity index (χ4v) is 2.54. The van der Waals surface area contributed by atoms with Crippen molar-refractivity contribution in [2.24, 2.45) is 0 Å². The molecule has 1 aliphatic rings. The third-order valence-corrected chi connectivity index (χ3v) is 3.34. The van der Waals surface area contributed by atoms with Gasteiger partial charge < -0.3 is 5.11 Å². The van der Waals surface area contributed by atoms with Crippen molar-refractivity contribution in [2.45, 2.75) is 13.0 Å². The van der Waals surface area contributed by atoms with Gasteiger partial charge in [0.2, 0.25) is 0 Å². The Bertz CT molecular complexity index is 456. The molecule has 1 aromatic rings. The minimum absolute atomic E-state index is 0.356. The summed E-state index contributed by atoms with van der Waals surface area (Å²) in [5.74, 6) is -0.869. The Kier molecular flexibility index (Phi) is 3.97. The molecule has 1 aromatic carbocycles. The fraction of sp³-hybridized carbons (Fsp3) is 0.308. The van der Waals surface area contributed by atoms with Crippen LogP contribution in [0, 0.1) is 0 Å². The van der Waals surface area contributed by atoms with Gasteiger partial charge in [-0.3, -0.25) is 4.90 Å². The van der Waals surface area contributed by atoms with Gasteiger partial charge in [0.25, 0.3) is 0 Å². The van der Waals surface area contributed by atoms with Crippen LogP contribution in [-0.2, 0) is 6.54 Å². The molecule has 0 amide bonds. The third kappa shape index (κ3) is 3.41. The van der Waals surface area contributed by atoms with Crippen molar-refractivity contribution in [3.05, 3.63) is 46.0 Å². The Morgan fingerprint density at radius 2 is 2.29 bits per heavy atom. The average Bonchev–Trinajstić information content (AvgIpc) is 2.29. The predicted molar refractivity (Wildman–Crippen MR) is 70.3 cm³/mol. The molecular weight excluding hydrogens is 282 g/mol. The molecule has 1 N–H and O–H groups in total. The van der Waals surface area contributed by atoms with Gasteiger partial charge in [0.05, 0.1) is 5.56 Å². The molecule has 0 unspecified atom stereocenters. The topological polar surface area (TPSA) is 40.5 Å². The summed E-state index contributed by atoms with van der Waals surface area (Å²) in [6.07, 6.45) is 3.23. The van der Waals surface area contributed by atoms with E-state index in [0.717, 1.165) is 31.6 Å². The molecule has 4 heteroatoms. The van der Waals surface area contributed by atoms with Crippen LogP contribution in [-0.4, -0.2) is 29.1 Å². The third-order valence-electron chi connectivity index (χ3n) is 2.77. The van der Waals surface area contributed by atoms with Gasteiger partial charge in [0.1, 0.15) is 0 Å². The monoisotopic (exact) mass is 295 g/mol. The van der Waals surface area contributed by atoms with Gasteiger partial charge in [0.15, 0.2) is 0 Å². The Labute approximate surface area is 109 Å². The van der Waals surface area contributed by atoms with Gasteiger partial charge in [-0.15, -0.1) is 0 Å². The zero-order valence-corrected chi connectivity index (χ0v) is 11.0. The minimum atomic E-state index is -0.869. The number of halogens is 1. The largest absolute Gasteiger partial charge is 0.478 e. The molecule has 0 bridgehead atoms. The molecule has 90 valence electrons. The normalized spacial score (nSPS) is 16.6. The SMILES string of the molecule is O=C(O)c1cccc(CN2CCC=C(Br)C2)c1. The van der Waals surface area contributed by atoms with Gasteiger partial charge in [-0.25, -0.2) is 4.79 Å². The van der Waals surface area contributed by atoms with Crippen LogP contribution in [0.4, 0.5) is 0 Å². The summed E-state index contributed by atoms with van der Waals surface area (Å²) in [7, 11) is 0. The molecule has 1 heterocycles. The van der Waals surface area contributed by atoms with Crippen molar-refractivity contribution in [1.29, 1.82) is 0 Å². The van der Waals surface area contributed by atoms with E-state index < -0.39 is 5.97 Å². The molecule has 0 saturated carbocycles. The second-order valence-electron chi connectivity index (χ2n) is 4.16. The number of nitrogens with zero attached hydrogens (tertiary/aromatic N) is 1. The summed E-state index contributed by atoms with van der Waals surface area (Å²) in [6.45, 7) is 2.72. The predicted octanol–water partition coefficient (Wildman–Crippen LogP) is 2.87. The lowest BCUT2D eigenvalue weighted by atomic mass is 10.1. The standard InChI is InChI=1S/C13H14BrNO2/c14-12-5-2-6-15(9-12)8-10-3-1-4-11(7-10)13(16)17/h1,3-5,7H,2,6,8-9H2,(H,16,17). The van der Waals surface area contributed by atoms with Crippen LogP contribution in [0.1, 0.15) is 22.3 Å². The van der Waals surface area contributed by atoms with Gasteiger partial charge in [-0.05, 0) is 24.1 Å². The van der Waals surface area contributed by atoms with E-state index in [1.165, 1.54) is 4.48 Å². The van der Waals surface area contributed by atoms with Crippen LogP contribution in [0.5, 0.6) is 0 Å². The van der Waals surface area contributed by atoms with Gasteiger partial charge >= 0.3 is 5.97 Å². The number of carboxylic acid groups (broad SMARTS) is 1. The average molecular weight is 296 g/mol. The first-order chi connectivity index (χ1) is 8.15. The van der Waals surface area contributed by atoms with Crippen molar-refractivity contribution >= 4 is 21.9 Å². The number of aromatic carboxylic acids is 1. The van der Waals surface area contributed by atoms with Crippen molar-refractivity contribution in [3.63, 3.8) is 0 Å². The van der Waals surface area contributed by atoms with Crippen LogP contribution >= 0.6 is 15.9 Å². The summed E-state index contributed by atoms with van der Waals surface area (Å²) >= 11 is 3.51. The molecule has 3 nitrogen and oxygen atoms in total. The minimum Gasteiger partial charge on any atom is -0.478 e. The van der Waals surface area contributed by atoms with E-state index in [0.29, 0.717) is 5.56 Å². The smallest absolute Gasteiger partial charge is 0.335 e. The van der Waals surface area contributed by atoms with Crippen molar-refractivity contribution in [2.75, 3.05) is 13.1 Å². The van der Waals surface area contributed by atoms with Crippen LogP contribution < -0.4 is 0 Å². The Hall–Kier alpha value is -1.13. The lowest BCUT2D eigenvalue weighted by Crippen LogP contribution is -2.28. The van der Waals surface area contributed by atoms with E-state index in [1.807, 2.05) is 6.07 Å². The molecule has 2 rings (SSSR count). The molecule has 0 saturated heterocycles. The van der Waals surface area contributed by atoms with Crippen molar-refractivity contribution in [3.8, 4) is 0 Å². The van der Waals surface area contributed by atoms with Gasteiger partial charge in [0, 0.05) is 24.1 Å². The Morgan fingerprint density at radius 3 is 3.00 bits per heavy atom. The van der Waals surface area contributed by atoms with Crippen molar-refractivity contribution < 1.29 is 9.90 Å². The summed E-state index contributed by atoms with van der Waals surface area (Å²) in [5, 5.41) is 8.93. The zero-order chi connectivity index (χ0) is 12.3. The van der Waals surface area contributed by atoms with Gasteiger partial charge in [-0.2, -0.15) is 0 Å². The maximum atomic E-state index is 10.9. The van der Waals surface area contributed by atoms with Crippen LogP contribution in [0.2, 0.25) is 0 Å². The lowest BCUT2D eigenvalue weighted by Gasteiger charge is -2.25. The van der Waals surface area contributed by atoms with E-state index in [2.05, 4.69) is 26.9 Å². The molecule has 0 aromatic heterocycles. The van der Waals surface area contributed by atoms with E-state index in [-0.39, 0.29) is 0 Å². The molecule has 0 atom stereocenters. The fourth-order valence-electron chi connectivity index (χ4n) is 1.96. The number of carboxylic acids is 1. The zero-order valence-electron chi connectivity index (χ0n) is 9.40. The van der Waals surface area contributed by atoms with Crippen LogP contribution in [0.15, 0.2) is 34.8 Å². The van der Waals surface area contributed by atoms with Crippen LogP contribution in [0.25, 0.3) is 0 Å². The Morgan fingerprint density at radius 1 is 1.47 bits per heavy atom. The highest BCUT2D eigenvalue weighted by Gasteiger charge is 2.12. The van der Waals surface area contributed by atoms with Crippen LogP contribution in [0.3, 0.4) is 0 Å². The number of hydrogen-bond donors (Lipinski definition) is 1. The highest BCUT2D eigenvalue weighted by atomic mass is 79.9. The maximum absolute atomic E-state index is 10.9. The van der Waals surface area contributed by atoms with E-state index in [9.17, 15) is 4.79 Å². The Balaban J connectivity index is 2.06. The molecule has 0 spiro atoms. The summed E-state index contributed by atoms with van der Waals surface area (Å²) < 4.78 is 1.21. The summed E-state index contributed by atoms with van der Waals surface area (Å²) in [5.41, 5.74) is 1.40. The highest BCUT2D eigenvalue weighted by Crippen LogP contribution is 2.17. The quantitative estimate of drug-likeness (QED) is 0.932. The molecule has 0 aliphatic carbocycles. The van der Waals surface area contributed by atoms with E-state index in [4.69, 9.17) is 5.11 Å². The first-order valence-corrected chi connectivity index (χ1v) is 6.33. The second kappa shape index (κ2) is 5.47. The molecule has 17 heavy (non-hydrogen) atoms. The lowest BCUT2D eigenvalue weighted by molar-refractivity contribution is 0.0696. The first kappa shape index (κ1) is 12.3.